The summed E-state index contributed by atoms with van der Waals surface area (Å²) in [6.07, 6.45) is 0. The molecule has 0 radical (unpaired) electrons. The lowest BCUT2D eigenvalue weighted by Gasteiger charge is -2.16. The lowest BCUT2D eigenvalue weighted by atomic mass is 10.1. The van der Waals surface area contributed by atoms with Gasteiger partial charge < -0.3 is 9.05 Å². The molecule has 0 saturated heterocycles. The van der Waals surface area contributed by atoms with E-state index in [0.717, 1.165) is 22.3 Å². The van der Waals surface area contributed by atoms with Crippen molar-refractivity contribution in [1.82, 2.24) is 0 Å². The summed E-state index contributed by atoms with van der Waals surface area (Å²) in [6.45, 7) is -3.85. The number of alkyl halides is 4. The van der Waals surface area contributed by atoms with Gasteiger partial charge in [0.2, 0.25) is 0 Å². The van der Waals surface area contributed by atoms with Gasteiger partial charge in [-0.05, 0) is 46.5 Å². The fraction of sp³-hybridized carbons (Fsp3) is 0.250. The van der Waals surface area contributed by atoms with E-state index >= 15 is 0 Å². The van der Waals surface area contributed by atoms with Gasteiger partial charge in [0.1, 0.15) is 11.5 Å². The molecule has 0 amide bonds. The molecule has 0 aliphatic heterocycles. The Bertz CT molecular complexity index is 682. The van der Waals surface area contributed by atoms with Gasteiger partial charge in [-0.3, -0.25) is 0 Å². The number of rotatable bonds is 8. The zero-order valence-electron chi connectivity index (χ0n) is 12.9. The first-order chi connectivity index (χ1) is 11.9. The second kappa shape index (κ2) is 10.1. The molecule has 0 aromatic heterocycles. The molecule has 2 aromatic carbocycles. The number of hydrogen-bond donors (Lipinski definition) is 0. The lowest BCUT2D eigenvalue weighted by molar-refractivity contribution is 0.406. The molecule has 0 aliphatic carbocycles. The van der Waals surface area contributed by atoms with Crippen LogP contribution >= 0.6 is 81.9 Å². The van der Waals surface area contributed by atoms with Crippen LogP contribution in [0.2, 0.25) is 0 Å². The van der Waals surface area contributed by atoms with Crippen LogP contribution in [0.15, 0.2) is 36.4 Å². The standard InChI is InChI=1S/C16H14Br4ClO3P/c17-7-11-1-12(8-18)4-15(3-11)23-25(21,22)24-16-5-13(9-19)2-14(6-16)10-20/h1-6H,7-10H2. The predicted octanol–water partition coefficient (Wildman–Crippen LogP) is 8.07. The van der Waals surface area contributed by atoms with Gasteiger partial charge in [-0.2, -0.15) is 0 Å². The molecule has 2 rings (SSSR count). The molecule has 0 aliphatic rings. The van der Waals surface area contributed by atoms with Gasteiger partial charge in [0.05, 0.1) is 0 Å². The summed E-state index contributed by atoms with van der Waals surface area (Å²) in [4.78, 5) is 0. The summed E-state index contributed by atoms with van der Waals surface area (Å²) >= 11 is 19.7. The second-order valence-corrected chi connectivity index (χ2v) is 9.83. The van der Waals surface area contributed by atoms with E-state index in [-0.39, 0.29) is 0 Å². The monoisotopic (exact) mass is 636 g/mol. The Hall–Kier alpha value is 0.480. The molecule has 0 fully saturated rings. The quantitative estimate of drug-likeness (QED) is 0.216. The molecule has 3 nitrogen and oxygen atoms in total. The van der Waals surface area contributed by atoms with Crippen LogP contribution in [0, 0.1) is 0 Å². The van der Waals surface area contributed by atoms with E-state index in [4.69, 9.17) is 20.3 Å². The van der Waals surface area contributed by atoms with Crippen LogP contribution in [0.3, 0.4) is 0 Å². The summed E-state index contributed by atoms with van der Waals surface area (Å²) < 4.78 is 23.6. The highest BCUT2D eigenvalue weighted by atomic mass is 79.9. The maximum Gasteiger partial charge on any atom is 0.530 e. The molecule has 136 valence electrons. The van der Waals surface area contributed by atoms with Crippen molar-refractivity contribution in [2.24, 2.45) is 0 Å². The van der Waals surface area contributed by atoms with Crippen LogP contribution in [0.5, 0.6) is 11.5 Å². The fourth-order valence-corrected chi connectivity index (χ4v) is 4.67. The normalized spacial score (nSPS) is 11.4. The highest BCUT2D eigenvalue weighted by Gasteiger charge is 2.25. The molecular formula is C16H14Br4ClO3P. The zero-order chi connectivity index (χ0) is 18.4. The van der Waals surface area contributed by atoms with Crippen molar-refractivity contribution in [2.75, 3.05) is 0 Å². The van der Waals surface area contributed by atoms with Crippen LogP contribution < -0.4 is 9.05 Å². The Labute approximate surface area is 185 Å². The minimum absolute atomic E-state index is 0.405. The predicted molar refractivity (Wildman–Crippen MR) is 118 cm³/mol. The molecule has 0 N–H and O–H groups in total. The third kappa shape index (κ3) is 6.86. The number of hydrogen-bond acceptors (Lipinski definition) is 3. The van der Waals surface area contributed by atoms with Crippen molar-refractivity contribution in [3.63, 3.8) is 0 Å². The molecule has 2 aromatic rings. The highest BCUT2D eigenvalue weighted by Crippen LogP contribution is 2.53. The van der Waals surface area contributed by atoms with Gasteiger partial charge in [0.25, 0.3) is 0 Å². The Morgan fingerprint density at radius 3 is 1.20 bits per heavy atom. The summed E-state index contributed by atoms with van der Waals surface area (Å²) in [7, 11) is 0. The summed E-state index contributed by atoms with van der Waals surface area (Å²) in [6, 6.07) is 11.1. The smallest absolute Gasteiger partial charge is 0.405 e. The minimum atomic E-state index is -3.85. The van der Waals surface area contributed by atoms with Gasteiger partial charge in [-0.15, -0.1) is 0 Å². The van der Waals surface area contributed by atoms with E-state index in [1.807, 2.05) is 12.1 Å². The van der Waals surface area contributed by atoms with E-state index in [2.05, 4.69) is 63.7 Å². The van der Waals surface area contributed by atoms with Gasteiger partial charge in [-0.25, -0.2) is 4.57 Å². The third-order valence-corrected chi connectivity index (χ3v) is 6.96. The van der Waals surface area contributed by atoms with Crippen LogP contribution in [0.4, 0.5) is 0 Å². The van der Waals surface area contributed by atoms with Crippen LogP contribution in [0.1, 0.15) is 22.3 Å². The molecule has 0 saturated carbocycles. The first-order valence-electron chi connectivity index (χ1n) is 7.07. The van der Waals surface area contributed by atoms with Crippen molar-refractivity contribution in [3.05, 3.63) is 58.7 Å². The average molecular weight is 640 g/mol. The van der Waals surface area contributed by atoms with Gasteiger partial charge in [-0.1, -0.05) is 75.9 Å². The molecule has 9 heteroatoms. The SMILES string of the molecule is O=P(Cl)(Oc1cc(CBr)cc(CBr)c1)Oc1cc(CBr)cc(CBr)c1. The van der Waals surface area contributed by atoms with E-state index in [0.29, 0.717) is 32.8 Å². The summed E-state index contributed by atoms with van der Waals surface area (Å²) in [5.74, 6) is 0.809. The molecule has 0 unspecified atom stereocenters. The first-order valence-corrected chi connectivity index (χ1v) is 14.0. The van der Waals surface area contributed by atoms with E-state index in [1.165, 1.54) is 0 Å². The Balaban J connectivity index is 2.24. The van der Waals surface area contributed by atoms with Crippen LogP contribution in [-0.4, -0.2) is 0 Å². The van der Waals surface area contributed by atoms with E-state index in [9.17, 15) is 4.57 Å². The first kappa shape index (κ1) is 21.8. The second-order valence-electron chi connectivity index (χ2n) is 5.12. The fourth-order valence-electron chi connectivity index (χ4n) is 2.14. The highest BCUT2D eigenvalue weighted by molar-refractivity contribution is 9.09. The zero-order valence-corrected chi connectivity index (χ0v) is 20.8. The van der Waals surface area contributed by atoms with Crippen molar-refractivity contribution < 1.29 is 13.6 Å². The maximum atomic E-state index is 12.6. The average Bonchev–Trinajstić information content (AvgIpc) is 2.59. The molecule has 0 heterocycles. The topological polar surface area (TPSA) is 35.5 Å². The lowest BCUT2D eigenvalue weighted by Crippen LogP contribution is -1.98. The molecule has 0 atom stereocenters. The number of halogens is 5. The maximum absolute atomic E-state index is 12.6. The van der Waals surface area contributed by atoms with Crippen LogP contribution in [-0.2, 0) is 25.9 Å². The Morgan fingerprint density at radius 1 is 0.680 bits per heavy atom. The Kier molecular flexibility index (Phi) is 8.83. The van der Waals surface area contributed by atoms with Gasteiger partial charge in [0.15, 0.2) is 0 Å². The van der Waals surface area contributed by atoms with Crippen molar-refractivity contribution >= 4 is 81.9 Å². The van der Waals surface area contributed by atoms with Crippen LogP contribution in [0.25, 0.3) is 0 Å². The third-order valence-electron chi connectivity index (χ3n) is 3.10. The van der Waals surface area contributed by atoms with E-state index < -0.39 is 6.95 Å². The molecule has 0 bridgehead atoms. The molecular weight excluding hydrogens is 626 g/mol. The van der Waals surface area contributed by atoms with E-state index in [1.54, 1.807) is 24.3 Å². The van der Waals surface area contributed by atoms with Crippen molar-refractivity contribution in [1.29, 1.82) is 0 Å². The van der Waals surface area contributed by atoms with Crippen molar-refractivity contribution in [3.8, 4) is 11.5 Å². The van der Waals surface area contributed by atoms with Gasteiger partial charge >= 0.3 is 6.95 Å². The number of benzene rings is 2. The van der Waals surface area contributed by atoms with Crippen molar-refractivity contribution in [2.45, 2.75) is 21.3 Å². The van der Waals surface area contributed by atoms with Gasteiger partial charge in [0, 0.05) is 32.6 Å². The molecule has 0 spiro atoms. The molecule has 25 heavy (non-hydrogen) atoms. The minimum Gasteiger partial charge on any atom is -0.405 e. The summed E-state index contributed by atoms with van der Waals surface area (Å²) in [5.41, 5.74) is 3.97. The largest absolute Gasteiger partial charge is 0.530 e. The summed E-state index contributed by atoms with van der Waals surface area (Å²) in [5, 5.41) is 2.61. The Morgan fingerprint density at radius 2 is 0.960 bits per heavy atom.